The molecule has 3 unspecified atom stereocenters. The number of nitrogens with zero attached hydrogens (tertiary/aromatic N) is 1. The number of alkyl halides is 3. The van der Waals surface area contributed by atoms with Crippen LogP contribution in [0.2, 0.25) is 0 Å². The normalized spacial score (nSPS) is 23.1. The van der Waals surface area contributed by atoms with Gasteiger partial charge in [-0.1, -0.05) is 60.0 Å². The molecule has 3 aliphatic rings. The first kappa shape index (κ1) is 41.6. The predicted octanol–water partition coefficient (Wildman–Crippen LogP) is 3.58. The van der Waals surface area contributed by atoms with Crippen LogP contribution in [0.3, 0.4) is 0 Å². The highest BCUT2D eigenvalue weighted by Gasteiger charge is 2.69. The largest absolute Gasteiger partial charge is 0.447 e. The number of carbonyl (C=O) groups excluding carboxylic acids is 6. The molecule has 0 spiro atoms. The summed E-state index contributed by atoms with van der Waals surface area (Å²) in [7, 11) is 0. The van der Waals surface area contributed by atoms with E-state index in [0.717, 1.165) is 19.3 Å². The molecule has 0 aromatic rings. The van der Waals surface area contributed by atoms with Gasteiger partial charge in [-0.15, -0.1) is 6.58 Å². The van der Waals surface area contributed by atoms with Crippen molar-refractivity contribution in [3.8, 4) is 0 Å². The lowest BCUT2D eigenvalue weighted by molar-refractivity contribution is -0.147. The summed E-state index contributed by atoms with van der Waals surface area (Å²) >= 11 is 0. The number of nitrogens with one attached hydrogen (secondary N) is 5. The van der Waals surface area contributed by atoms with E-state index >= 15 is 0 Å². The Morgan fingerprint density at radius 2 is 1.63 bits per heavy atom. The first-order valence-electron chi connectivity index (χ1n) is 17.8. The van der Waals surface area contributed by atoms with Crippen LogP contribution < -0.4 is 26.6 Å². The zero-order chi connectivity index (χ0) is 38.3. The number of fused-ring (bicyclic) bond motifs is 1. The van der Waals surface area contributed by atoms with Crippen molar-refractivity contribution in [2.45, 2.75) is 117 Å². The number of carbonyl (C=O) groups is 6. The smallest absolute Gasteiger partial charge is 0.407 e. The van der Waals surface area contributed by atoms with Crippen molar-refractivity contribution >= 4 is 35.6 Å². The Labute approximate surface area is 298 Å². The number of piperidine rings is 1. The molecule has 5 N–H and O–H groups in total. The van der Waals surface area contributed by atoms with Gasteiger partial charge in [0.1, 0.15) is 18.7 Å². The summed E-state index contributed by atoms with van der Waals surface area (Å²) in [6, 6.07) is -5.24. The van der Waals surface area contributed by atoms with Gasteiger partial charge in [0.25, 0.3) is 5.91 Å². The van der Waals surface area contributed by atoms with E-state index in [2.05, 4.69) is 33.2 Å². The van der Waals surface area contributed by atoms with Gasteiger partial charge >= 0.3 is 18.3 Å². The average Bonchev–Trinajstić information content (AvgIpc) is 3.36. The Kier molecular flexibility index (Phi) is 13.9. The number of halogens is 3. The van der Waals surface area contributed by atoms with Gasteiger partial charge in [-0.3, -0.25) is 19.2 Å². The number of ether oxygens (including phenoxy) is 1. The van der Waals surface area contributed by atoms with Crippen LogP contribution in [0.5, 0.6) is 0 Å². The van der Waals surface area contributed by atoms with Crippen LogP contribution >= 0.6 is 0 Å². The van der Waals surface area contributed by atoms with Crippen LogP contribution in [0.15, 0.2) is 12.7 Å². The molecular weight excluding hydrogens is 673 g/mol. The summed E-state index contributed by atoms with van der Waals surface area (Å²) < 4.78 is 45.0. The fraction of sp³-hybridized carbons (Fsp3) is 0.771. The van der Waals surface area contributed by atoms with Gasteiger partial charge in [0.15, 0.2) is 0 Å². The third kappa shape index (κ3) is 11.1. The summed E-state index contributed by atoms with van der Waals surface area (Å²) in [6.45, 7) is 14.9. The second kappa shape index (κ2) is 17.1. The highest BCUT2D eigenvalue weighted by atomic mass is 19.4. The third-order valence-electron chi connectivity index (χ3n) is 10.5. The molecule has 1 saturated heterocycles. The minimum absolute atomic E-state index is 0.102. The molecule has 1 aliphatic heterocycles. The van der Waals surface area contributed by atoms with Crippen molar-refractivity contribution in [1.82, 2.24) is 31.5 Å². The summed E-state index contributed by atoms with van der Waals surface area (Å²) in [4.78, 5) is 80.8. The molecule has 2 saturated carbocycles. The molecule has 51 heavy (non-hydrogen) atoms. The maximum Gasteiger partial charge on any atom is 0.407 e. The monoisotopic (exact) mass is 728 g/mol. The molecule has 6 atom stereocenters. The molecule has 13 nitrogen and oxygen atoms in total. The second-order valence-corrected chi connectivity index (χ2v) is 15.5. The fourth-order valence-electron chi connectivity index (χ4n) is 7.29. The Morgan fingerprint density at radius 3 is 2.20 bits per heavy atom. The lowest BCUT2D eigenvalue weighted by atomic mass is 9.83. The molecule has 0 bridgehead atoms. The van der Waals surface area contributed by atoms with E-state index in [1.165, 1.54) is 11.0 Å². The van der Waals surface area contributed by atoms with Crippen molar-refractivity contribution in [2.24, 2.45) is 28.6 Å². The average molecular weight is 729 g/mol. The van der Waals surface area contributed by atoms with Gasteiger partial charge in [-0.25, -0.2) is 9.59 Å². The van der Waals surface area contributed by atoms with Crippen LogP contribution in [0, 0.1) is 28.6 Å². The maximum absolute atomic E-state index is 14.5. The zero-order valence-electron chi connectivity index (χ0n) is 30.5. The Morgan fingerprint density at radius 1 is 0.980 bits per heavy atom. The Hall–Kier alpha value is -3.85. The molecule has 1 heterocycles. The molecular formula is C35H55F3N6O7. The van der Waals surface area contributed by atoms with E-state index in [0.29, 0.717) is 19.4 Å². The van der Waals surface area contributed by atoms with Crippen molar-refractivity contribution in [3.05, 3.63) is 12.7 Å². The van der Waals surface area contributed by atoms with Crippen LogP contribution in [0.1, 0.15) is 86.5 Å². The van der Waals surface area contributed by atoms with Gasteiger partial charge in [0, 0.05) is 26.1 Å². The molecule has 2 aliphatic carbocycles. The van der Waals surface area contributed by atoms with Gasteiger partial charge in [-0.2, -0.15) is 13.2 Å². The quantitative estimate of drug-likeness (QED) is 0.127. The number of likely N-dealkylation sites (tertiary alicyclic amines) is 1. The van der Waals surface area contributed by atoms with Crippen molar-refractivity contribution in [3.63, 3.8) is 0 Å². The van der Waals surface area contributed by atoms with E-state index in [9.17, 15) is 41.9 Å². The second-order valence-electron chi connectivity index (χ2n) is 15.5. The summed E-state index contributed by atoms with van der Waals surface area (Å²) in [5, 5.41) is 12.9. The first-order chi connectivity index (χ1) is 23.7. The number of amides is 6. The van der Waals surface area contributed by atoms with E-state index in [4.69, 9.17) is 4.74 Å². The zero-order valence-corrected chi connectivity index (χ0v) is 30.5. The molecule has 16 heteroatoms. The van der Waals surface area contributed by atoms with Crippen LogP contribution in [0.25, 0.3) is 0 Å². The van der Waals surface area contributed by atoms with Crippen LogP contribution in [0.4, 0.5) is 22.8 Å². The third-order valence-corrected chi connectivity index (χ3v) is 10.5. The lowest BCUT2D eigenvalue weighted by Gasteiger charge is -2.38. The predicted molar refractivity (Wildman–Crippen MR) is 182 cm³/mol. The van der Waals surface area contributed by atoms with E-state index < -0.39 is 84.2 Å². The highest BCUT2D eigenvalue weighted by molar-refractivity contribution is 6.38. The Bertz CT molecular complexity index is 1310. The number of hydrogen-bond acceptors (Lipinski definition) is 7. The Balaban J connectivity index is 1.86. The van der Waals surface area contributed by atoms with Gasteiger partial charge in [0.05, 0.1) is 12.1 Å². The van der Waals surface area contributed by atoms with Crippen LogP contribution in [-0.2, 0) is 23.9 Å². The van der Waals surface area contributed by atoms with Gasteiger partial charge in [-0.05, 0) is 54.8 Å². The number of urea groups is 1. The van der Waals surface area contributed by atoms with E-state index in [1.807, 2.05) is 34.6 Å². The molecule has 0 aromatic carbocycles. The number of Topliss-reactive ketones (excluding diaryl/α,β-unsaturated/α-hetero) is 1. The molecule has 3 fully saturated rings. The van der Waals surface area contributed by atoms with Crippen molar-refractivity contribution < 1.29 is 46.7 Å². The van der Waals surface area contributed by atoms with E-state index in [-0.39, 0.29) is 42.9 Å². The minimum Gasteiger partial charge on any atom is -0.447 e. The topological polar surface area (TPSA) is 175 Å². The van der Waals surface area contributed by atoms with Gasteiger partial charge < -0.3 is 36.2 Å². The lowest BCUT2D eigenvalue weighted by Crippen LogP contribution is -2.61. The fourth-order valence-corrected chi connectivity index (χ4v) is 7.29. The maximum atomic E-state index is 14.5. The number of ketones is 1. The highest BCUT2D eigenvalue weighted by Crippen LogP contribution is 2.65. The molecule has 0 aromatic heterocycles. The summed E-state index contributed by atoms with van der Waals surface area (Å²) in [5.74, 6) is -4.45. The first-order valence-corrected chi connectivity index (χ1v) is 17.8. The van der Waals surface area contributed by atoms with E-state index in [1.54, 1.807) is 6.92 Å². The van der Waals surface area contributed by atoms with Crippen molar-refractivity contribution in [1.29, 1.82) is 0 Å². The van der Waals surface area contributed by atoms with Crippen molar-refractivity contribution in [2.75, 3.05) is 26.2 Å². The van der Waals surface area contributed by atoms with Gasteiger partial charge in [0.2, 0.25) is 17.6 Å². The SMILES string of the molecule is C=CCNC(=O)C(=O)C(CCC(F)(F)F)NC(=O)[C@@H]1C2C(CN1C(=O)[C@@H](NC(=O)N[C@H](COC(=O)NCC)C(C)(C)C)C1CCCCC1)C2(C)C. The van der Waals surface area contributed by atoms with Crippen LogP contribution in [-0.4, -0.2) is 97.1 Å². The molecule has 6 amide bonds. The number of hydrogen-bond donors (Lipinski definition) is 5. The standard InChI is InChI=1S/C35H55F3N6O7/c1-8-17-40-29(47)27(45)22(15-16-35(36,37)38)41-28(46)26-24-21(34(24,6)7)18-44(26)30(48)25(20-13-11-10-12-14-20)43-31(49)42-23(33(3,4)5)19-51-32(50)39-9-2/h8,20-26H,1,9-19H2,2-7H3,(H,39,50)(H,40,47)(H,41,46)(H2,42,43,49)/t21?,22?,23-,24?,25+,26+/m1/s1. The summed E-state index contributed by atoms with van der Waals surface area (Å²) in [6.07, 6.45) is -2.34. The summed E-state index contributed by atoms with van der Waals surface area (Å²) in [5.41, 5.74) is -0.914. The molecule has 0 radical (unpaired) electrons. The molecule has 3 rings (SSSR count). The molecule has 288 valence electrons. The number of rotatable bonds is 15. The minimum atomic E-state index is -4.65. The number of alkyl carbamates (subject to hydrolysis) is 1.